The molecule has 1 saturated heterocycles. The van der Waals surface area contributed by atoms with E-state index in [1.807, 2.05) is 5.01 Å². The lowest BCUT2D eigenvalue weighted by Crippen LogP contribution is -2.55. The van der Waals surface area contributed by atoms with Crippen molar-refractivity contribution >= 4 is 5.97 Å². The molecular formula is C10H22N4O2. The molecule has 0 aromatic rings. The van der Waals surface area contributed by atoms with E-state index in [0.29, 0.717) is 13.0 Å². The zero-order chi connectivity index (χ0) is 11.8. The maximum atomic E-state index is 11.0. The Hall–Kier alpha value is -0.690. The number of piperazine rings is 1. The van der Waals surface area contributed by atoms with Gasteiger partial charge >= 0.3 is 5.97 Å². The van der Waals surface area contributed by atoms with Crippen molar-refractivity contribution in [2.75, 3.05) is 32.7 Å². The van der Waals surface area contributed by atoms with Gasteiger partial charge in [-0.1, -0.05) is 0 Å². The number of carboxylic acids is 1. The van der Waals surface area contributed by atoms with Crippen LogP contribution in [0.25, 0.3) is 0 Å². The highest BCUT2D eigenvalue weighted by molar-refractivity contribution is 5.73. The number of hydrogen-bond donors (Lipinski definition) is 4. The molecule has 6 nitrogen and oxygen atoms in total. The average molecular weight is 230 g/mol. The van der Waals surface area contributed by atoms with Crippen LogP contribution in [0.2, 0.25) is 0 Å². The zero-order valence-electron chi connectivity index (χ0n) is 9.61. The van der Waals surface area contributed by atoms with Crippen LogP contribution in [-0.2, 0) is 4.79 Å². The van der Waals surface area contributed by atoms with Gasteiger partial charge in [0.2, 0.25) is 0 Å². The van der Waals surface area contributed by atoms with Crippen molar-refractivity contribution in [3.8, 4) is 0 Å². The lowest BCUT2D eigenvalue weighted by molar-refractivity contribution is -0.141. The van der Waals surface area contributed by atoms with Gasteiger partial charge in [-0.2, -0.15) is 0 Å². The van der Waals surface area contributed by atoms with Gasteiger partial charge in [0.15, 0.2) is 0 Å². The van der Waals surface area contributed by atoms with Crippen molar-refractivity contribution in [1.82, 2.24) is 15.8 Å². The Labute approximate surface area is 96.1 Å². The van der Waals surface area contributed by atoms with Crippen LogP contribution in [0.4, 0.5) is 0 Å². The maximum Gasteiger partial charge on any atom is 0.322 e. The minimum atomic E-state index is -0.782. The van der Waals surface area contributed by atoms with E-state index < -0.39 is 12.0 Å². The first-order valence-electron chi connectivity index (χ1n) is 5.88. The molecule has 0 aromatic carbocycles. The number of hydrogen-bond acceptors (Lipinski definition) is 5. The van der Waals surface area contributed by atoms with Crippen LogP contribution < -0.4 is 16.5 Å². The van der Waals surface area contributed by atoms with Gasteiger partial charge in [0.05, 0.1) is 0 Å². The number of aliphatic carboxylic acids is 1. The predicted molar refractivity (Wildman–Crippen MR) is 61.9 cm³/mol. The summed E-state index contributed by atoms with van der Waals surface area (Å²) in [6.45, 7) is 4.13. The Morgan fingerprint density at radius 2 is 2.12 bits per heavy atom. The Balaban J connectivity index is 2.28. The molecule has 0 aliphatic carbocycles. The molecule has 1 atom stereocenters. The van der Waals surface area contributed by atoms with Crippen molar-refractivity contribution in [1.29, 1.82) is 0 Å². The Kier molecular flexibility index (Phi) is 6.32. The minimum Gasteiger partial charge on any atom is -0.480 e. The number of nitrogens with zero attached hydrogens (tertiary/aromatic N) is 1. The Bertz CT molecular complexity index is 207. The summed E-state index contributed by atoms with van der Waals surface area (Å²) in [4.78, 5) is 11.0. The number of unbranched alkanes of at least 4 members (excludes halogenated alkanes) is 1. The van der Waals surface area contributed by atoms with Gasteiger partial charge in [0, 0.05) is 26.2 Å². The molecule has 0 saturated carbocycles. The van der Waals surface area contributed by atoms with E-state index in [2.05, 4.69) is 10.7 Å². The maximum absolute atomic E-state index is 11.0. The summed E-state index contributed by atoms with van der Waals surface area (Å²) in [5.74, 6) is -0.782. The number of nitrogens with two attached hydrogens (primary N) is 1. The molecule has 16 heavy (non-hydrogen) atoms. The summed E-state index contributed by atoms with van der Waals surface area (Å²) in [7, 11) is 0. The summed E-state index contributed by atoms with van der Waals surface area (Å²) < 4.78 is 0. The third-order valence-corrected chi connectivity index (χ3v) is 2.70. The number of hydrazine groups is 1. The third-order valence-electron chi connectivity index (χ3n) is 2.70. The lowest BCUT2D eigenvalue weighted by Gasteiger charge is -2.30. The molecule has 94 valence electrons. The zero-order valence-corrected chi connectivity index (χ0v) is 9.61. The fourth-order valence-corrected chi connectivity index (χ4v) is 1.75. The van der Waals surface area contributed by atoms with Gasteiger partial charge in [-0.3, -0.25) is 4.79 Å². The molecule has 0 spiro atoms. The van der Waals surface area contributed by atoms with Gasteiger partial charge in [0.1, 0.15) is 6.04 Å². The smallest absolute Gasteiger partial charge is 0.322 e. The minimum absolute atomic E-state index is 0.482. The monoisotopic (exact) mass is 230 g/mol. The van der Waals surface area contributed by atoms with Crippen LogP contribution in [-0.4, -0.2) is 54.9 Å². The molecule has 1 fully saturated rings. The predicted octanol–water partition coefficient (Wildman–Crippen LogP) is -1.02. The van der Waals surface area contributed by atoms with Crippen LogP contribution in [0.3, 0.4) is 0 Å². The van der Waals surface area contributed by atoms with Crippen molar-refractivity contribution in [3.63, 3.8) is 0 Å². The highest BCUT2D eigenvalue weighted by atomic mass is 16.4. The molecule has 0 radical (unpaired) electrons. The van der Waals surface area contributed by atoms with E-state index in [9.17, 15) is 4.79 Å². The van der Waals surface area contributed by atoms with Crippen LogP contribution in [0.1, 0.15) is 19.3 Å². The van der Waals surface area contributed by atoms with Crippen molar-refractivity contribution in [3.05, 3.63) is 0 Å². The largest absolute Gasteiger partial charge is 0.480 e. The summed E-state index contributed by atoms with van der Waals surface area (Å²) >= 11 is 0. The Morgan fingerprint density at radius 1 is 1.44 bits per heavy atom. The third kappa shape index (κ3) is 4.89. The van der Waals surface area contributed by atoms with E-state index in [0.717, 1.165) is 39.0 Å². The molecular weight excluding hydrogens is 208 g/mol. The van der Waals surface area contributed by atoms with E-state index in [1.54, 1.807) is 0 Å². The molecule has 6 heteroatoms. The van der Waals surface area contributed by atoms with Gasteiger partial charge in [-0.25, -0.2) is 10.4 Å². The standard InChI is InChI=1S/C10H22N4O2/c11-4-2-1-3-9(10(15)16)13-14-7-5-12-6-8-14/h9,12-13H,1-8,11H2,(H,15,16)/t9-/m0/s1. The molecule has 0 bridgehead atoms. The second-order valence-electron chi connectivity index (χ2n) is 4.04. The highest BCUT2D eigenvalue weighted by Gasteiger charge is 2.20. The number of carbonyl (C=O) groups is 1. The first kappa shape index (κ1) is 13.4. The molecule has 0 aromatic heterocycles. The molecule has 1 aliphatic heterocycles. The van der Waals surface area contributed by atoms with E-state index >= 15 is 0 Å². The average Bonchev–Trinajstić information content (AvgIpc) is 2.29. The van der Waals surface area contributed by atoms with Gasteiger partial charge in [0.25, 0.3) is 0 Å². The fourth-order valence-electron chi connectivity index (χ4n) is 1.75. The van der Waals surface area contributed by atoms with Crippen molar-refractivity contribution in [2.24, 2.45) is 5.73 Å². The summed E-state index contributed by atoms with van der Waals surface area (Å²) in [5, 5.41) is 14.3. The van der Waals surface area contributed by atoms with Crippen molar-refractivity contribution in [2.45, 2.75) is 25.3 Å². The highest BCUT2D eigenvalue weighted by Crippen LogP contribution is 2.02. The SMILES string of the molecule is NCCCC[C@H](NN1CCNCC1)C(=O)O. The van der Waals surface area contributed by atoms with Crippen LogP contribution in [0.15, 0.2) is 0 Å². The number of nitrogens with one attached hydrogen (secondary N) is 2. The molecule has 1 aliphatic rings. The molecule has 1 rings (SSSR count). The van der Waals surface area contributed by atoms with Crippen molar-refractivity contribution < 1.29 is 9.90 Å². The van der Waals surface area contributed by atoms with E-state index in [4.69, 9.17) is 10.8 Å². The topological polar surface area (TPSA) is 90.6 Å². The van der Waals surface area contributed by atoms with E-state index in [-0.39, 0.29) is 0 Å². The molecule has 5 N–H and O–H groups in total. The van der Waals surface area contributed by atoms with Gasteiger partial charge < -0.3 is 16.2 Å². The quantitative estimate of drug-likeness (QED) is 0.418. The summed E-state index contributed by atoms with van der Waals surface area (Å²) in [6.07, 6.45) is 2.37. The second-order valence-corrected chi connectivity index (χ2v) is 4.04. The van der Waals surface area contributed by atoms with Gasteiger partial charge in [-0.15, -0.1) is 0 Å². The van der Waals surface area contributed by atoms with Crippen LogP contribution >= 0.6 is 0 Å². The first-order valence-corrected chi connectivity index (χ1v) is 5.88. The number of rotatable bonds is 7. The molecule has 1 heterocycles. The summed E-state index contributed by atoms with van der Waals surface area (Å²) in [6, 6.07) is -0.482. The lowest BCUT2D eigenvalue weighted by atomic mass is 10.1. The second kappa shape index (κ2) is 7.56. The van der Waals surface area contributed by atoms with Crippen LogP contribution in [0.5, 0.6) is 0 Å². The summed E-state index contributed by atoms with van der Waals surface area (Å²) in [5.41, 5.74) is 8.46. The van der Waals surface area contributed by atoms with Gasteiger partial charge in [-0.05, 0) is 25.8 Å². The van der Waals surface area contributed by atoms with E-state index in [1.165, 1.54) is 0 Å². The molecule has 0 amide bonds. The number of carboxylic acid groups (broad SMARTS) is 1. The Morgan fingerprint density at radius 3 is 2.69 bits per heavy atom. The fraction of sp³-hybridized carbons (Fsp3) is 0.900. The van der Waals surface area contributed by atoms with Crippen LogP contribution in [0, 0.1) is 0 Å². The normalized spacial score (nSPS) is 19.6. The first-order chi connectivity index (χ1) is 7.74. The molecule has 0 unspecified atom stereocenters.